The van der Waals surface area contributed by atoms with E-state index in [1.54, 1.807) is 60.7 Å². The molecule has 5 aromatic carbocycles. The van der Waals surface area contributed by atoms with E-state index in [2.05, 4.69) is 4.98 Å². The molecule has 1 aromatic heterocycles. The zero-order valence-electron chi connectivity index (χ0n) is 24.2. The van der Waals surface area contributed by atoms with E-state index >= 15 is 0 Å². The molecule has 1 radical (unpaired) electrons. The quantitative estimate of drug-likeness (QED) is 0.117. The second-order valence-electron chi connectivity index (χ2n) is 10.2. The normalized spacial score (nSPS) is 10.7. The number of aromatic carboxylic acids is 4. The molecule has 0 aliphatic heterocycles. The molecule has 5 N–H and O–H groups in total. The fraction of sp³-hybridized carbons (Fsp3) is 0. The van der Waals surface area contributed by atoms with Gasteiger partial charge in [-0.1, -0.05) is 60.7 Å². The van der Waals surface area contributed by atoms with Gasteiger partial charge in [-0.15, -0.1) is 0 Å². The van der Waals surface area contributed by atoms with Crippen molar-refractivity contribution >= 4 is 64.5 Å². The maximum atomic E-state index is 11.7. The van der Waals surface area contributed by atoms with E-state index in [4.69, 9.17) is 4.98 Å². The Bertz CT molecular complexity index is 2060. The van der Waals surface area contributed by atoms with Crippen molar-refractivity contribution in [2.75, 3.05) is 0 Å². The van der Waals surface area contributed by atoms with Crippen molar-refractivity contribution in [3.05, 3.63) is 125 Å². The minimum Gasteiger partial charge on any atom is -0.478 e. The third-order valence-corrected chi connectivity index (χ3v) is 7.40. The Morgan fingerprint density at radius 1 is 0.478 bits per heavy atom. The molecular formula is C35H22N2NaO8. The maximum Gasteiger partial charge on any atom is 0.335 e. The van der Waals surface area contributed by atoms with Crippen LogP contribution in [0.15, 0.2) is 103 Å². The fourth-order valence-corrected chi connectivity index (χ4v) is 5.20. The largest absolute Gasteiger partial charge is 0.478 e. The van der Waals surface area contributed by atoms with Crippen LogP contribution >= 0.6 is 0 Å². The maximum absolute atomic E-state index is 11.7. The van der Waals surface area contributed by atoms with Crippen LogP contribution < -0.4 is 0 Å². The molecule has 6 aromatic rings. The first kappa shape index (κ1) is 31.9. The summed E-state index contributed by atoms with van der Waals surface area (Å²) in [5.41, 5.74) is 5.39. The van der Waals surface area contributed by atoms with Gasteiger partial charge in [-0.25, -0.2) is 24.2 Å². The number of carboxylic acid groups (broad SMARTS) is 4. The smallest absolute Gasteiger partial charge is 0.335 e. The Labute approximate surface area is 282 Å². The average molecular weight is 622 g/mol. The number of hydrogen-bond donors (Lipinski definition) is 5. The van der Waals surface area contributed by atoms with E-state index < -0.39 is 23.9 Å². The van der Waals surface area contributed by atoms with Gasteiger partial charge in [0.2, 0.25) is 0 Å². The summed E-state index contributed by atoms with van der Waals surface area (Å²) in [5, 5.41) is 38.0. The van der Waals surface area contributed by atoms with Crippen molar-refractivity contribution in [3.8, 4) is 44.8 Å². The number of imidazole rings is 1. The van der Waals surface area contributed by atoms with Crippen LogP contribution in [0.4, 0.5) is 0 Å². The van der Waals surface area contributed by atoms with Gasteiger partial charge in [0.1, 0.15) is 5.82 Å². The number of nitrogens with zero attached hydrogens (tertiary/aromatic N) is 1. The molecule has 0 saturated carbocycles. The van der Waals surface area contributed by atoms with Gasteiger partial charge in [0, 0.05) is 46.2 Å². The first-order chi connectivity index (χ1) is 21.6. The molecule has 46 heavy (non-hydrogen) atoms. The molecule has 221 valence electrons. The minimum atomic E-state index is -1.24. The van der Waals surface area contributed by atoms with Gasteiger partial charge < -0.3 is 25.4 Å². The van der Waals surface area contributed by atoms with Crippen LogP contribution in [0.3, 0.4) is 0 Å². The number of aromatic amines is 1. The second-order valence-corrected chi connectivity index (χ2v) is 10.2. The summed E-state index contributed by atoms with van der Waals surface area (Å²) >= 11 is 0. The van der Waals surface area contributed by atoms with E-state index in [1.807, 2.05) is 12.1 Å². The molecule has 0 unspecified atom stereocenters. The predicted octanol–water partition coefficient (Wildman–Crippen LogP) is 6.64. The molecule has 0 aliphatic rings. The van der Waals surface area contributed by atoms with Gasteiger partial charge in [-0.2, -0.15) is 0 Å². The Morgan fingerprint density at radius 3 is 1.46 bits per heavy atom. The van der Waals surface area contributed by atoms with E-state index in [1.165, 1.54) is 24.3 Å². The first-order valence-electron chi connectivity index (χ1n) is 13.5. The van der Waals surface area contributed by atoms with Crippen LogP contribution in [0.1, 0.15) is 41.4 Å². The molecule has 0 aliphatic carbocycles. The Kier molecular flexibility index (Phi) is 8.88. The number of fused-ring (bicyclic) bond motifs is 1. The number of aromatic nitrogens is 2. The van der Waals surface area contributed by atoms with Crippen molar-refractivity contribution in [2.45, 2.75) is 0 Å². The number of carbonyl (C=O) groups is 4. The summed E-state index contributed by atoms with van der Waals surface area (Å²) in [6.45, 7) is 0. The number of carboxylic acids is 4. The molecule has 0 spiro atoms. The van der Waals surface area contributed by atoms with Gasteiger partial charge in [0.05, 0.1) is 33.3 Å². The zero-order valence-corrected chi connectivity index (χ0v) is 26.2. The SMILES string of the molecule is O=C(O)c1cc(C(=O)O)cc(-c2ccc(-c3nc4c(-c5cccc(C(=O)O)c5)ccc(-c5cccc(C(=O)O)c5)c4[nH]3)cc2)c1.[Na]. The summed E-state index contributed by atoms with van der Waals surface area (Å²) in [7, 11) is 0. The topological polar surface area (TPSA) is 178 Å². The Hall–Kier alpha value is -5.55. The summed E-state index contributed by atoms with van der Waals surface area (Å²) < 4.78 is 0. The van der Waals surface area contributed by atoms with Crippen LogP contribution in [-0.2, 0) is 0 Å². The molecule has 0 saturated heterocycles. The zero-order chi connectivity index (χ0) is 31.8. The van der Waals surface area contributed by atoms with E-state index in [9.17, 15) is 39.6 Å². The molecule has 0 amide bonds. The van der Waals surface area contributed by atoms with Crippen LogP contribution in [0.5, 0.6) is 0 Å². The fourth-order valence-electron chi connectivity index (χ4n) is 5.20. The van der Waals surface area contributed by atoms with Crippen molar-refractivity contribution < 1.29 is 39.6 Å². The van der Waals surface area contributed by atoms with Gasteiger partial charge in [-0.3, -0.25) is 0 Å². The van der Waals surface area contributed by atoms with Crippen LogP contribution in [0.2, 0.25) is 0 Å². The van der Waals surface area contributed by atoms with Gasteiger partial charge in [-0.05, 0) is 64.7 Å². The molecule has 0 bridgehead atoms. The van der Waals surface area contributed by atoms with Crippen LogP contribution in [0, 0.1) is 0 Å². The van der Waals surface area contributed by atoms with Crippen molar-refractivity contribution in [1.29, 1.82) is 0 Å². The predicted molar refractivity (Wildman–Crippen MR) is 171 cm³/mol. The number of benzene rings is 5. The minimum absolute atomic E-state index is 0. The number of rotatable bonds is 8. The molecule has 6 rings (SSSR count). The Balaban J connectivity index is 0.00000417. The standard InChI is InChI=1S/C35H22N2O8.Na/c38-32(39)22-5-1-3-20(13-22)27-11-12-28(21-4-2-6-23(14-21)33(40)41)30-29(27)36-31(37-30)19-9-7-18(8-10-19)24-15-25(34(42)43)17-26(16-24)35(44)45;/h1-17H,(H,36,37)(H,38,39)(H,40,41)(H,42,43)(H,44,45);. The second kappa shape index (κ2) is 12.8. The summed E-state index contributed by atoms with van der Waals surface area (Å²) in [6, 6.07) is 27.5. The van der Waals surface area contributed by atoms with Crippen molar-refractivity contribution in [3.63, 3.8) is 0 Å². The first-order valence-corrected chi connectivity index (χ1v) is 13.5. The monoisotopic (exact) mass is 621 g/mol. The van der Waals surface area contributed by atoms with E-state index in [0.717, 1.165) is 6.07 Å². The molecule has 0 atom stereocenters. The molecule has 0 fully saturated rings. The summed E-state index contributed by atoms with van der Waals surface area (Å²) in [4.78, 5) is 54.7. The van der Waals surface area contributed by atoms with Gasteiger partial charge in [0.25, 0.3) is 0 Å². The van der Waals surface area contributed by atoms with Gasteiger partial charge in [0.15, 0.2) is 0 Å². The average Bonchev–Trinajstić information content (AvgIpc) is 3.50. The summed E-state index contributed by atoms with van der Waals surface area (Å²) in [5.74, 6) is -4.15. The third kappa shape index (κ3) is 6.18. The third-order valence-electron chi connectivity index (χ3n) is 7.40. The van der Waals surface area contributed by atoms with Gasteiger partial charge >= 0.3 is 23.9 Å². The van der Waals surface area contributed by atoms with E-state index in [0.29, 0.717) is 55.8 Å². The Morgan fingerprint density at radius 2 is 0.935 bits per heavy atom. The molecule has 10 nitrogen and oxygen atoms in total. The molecular weight excluding hydrogens is 599 g/mol. The summed E-state index contributed by atoms with van der Waals surface area (Å²) in [6.07, 6.45) is 0. The number of H-pyrrole nitrogens is 1. The van der Waals surface area contributed by atoms with Crippen molar-refractivity contribution in [1.82, 2.24) is 9.97 Å². The van der Waals surface area contributed by atoms with Crippen molar-refractivity contribution in [2.24, 2.45) is 0 Å². The number of nitrogens with one attached hydrogen (secondary N) is 1. The van der Waals surface area contributed by atoms with E-state index in [-0.39, 0.29) is 51.8 Å². The number of hydrogen-bond acceptors (Lipinski definition) is 5. The van der Waals surface area contributed by atoms with Crippen LogP contribution in [0.25, 0.3) is 55.8 Å². The molecule has 11 heteroatoms. The molecule has 1 heterocycles. The van der Waals surface area contributed by atoms with Crippen LogP contribution in [-0.4, -0.2) is 83.8 Å².